The van der Waals surface area contributed by atoms with Crippen LogP contribution >= 0.6 is 0 Å². The largest absolute Gasteiger partial charge is 0.481 e. The summed E-state index contributed by atoms with van der Waals surface area (Å²) in [5, 5.41) is 18.9. The average molecular weight is 435 g/mol. The average Bonchev–Trinajstić information content (AvgIpc) is 2.64. The zero-order chi connectivity index (χ0) is 23.3. The van der Waals surface area contributed by atoms with Crippen molar-refractivity contribution in [3.8, 4) is 0 Å². The number of rotatable bonds is 7. The van der Waals surface area contributed by atoms with Gasteiger partial charge in [-0.25, -0.2) is 4.79 Å². The molecule has 2 N–H and O–H groups in total. The maximum atomic E-state index is 12.6. The van der Waals surface area contributed by atoms with Gasteiger partial charge in [-0.1, -0.05) is 12.1 Å². The molecule has 1 amide bonds. The molecule has 31 heavy (non-hydrogen) atoms. The first-order valence-electron chi connectivity index (χ1n) is 10.2. The Labute approximate surface area is 180 Å². The van der Waals surface area contributed by atoms with Crippen molar-refractivity contribution in [3.63, 3.8) is 0 Å². The van der Waals surface area contributed by atoms with Gasteiger partial charge in [0.1, 0.15) is 5.60 Å². The summed E-state index contributed by atoms with van der Waals surface area (Å²) in [4.78, 5) is 49.6. The van der Waals surface area contributed by atoms with Crippen LogP contribution in [0.15, 0.2) is 18.2 Å². The van der Waals surface area contributed by atoms with Crippen molar-refractivity contribution < 1.29 is 38.9 Å². The molecule has 1 aliphatic rings. The molecule has 1 aromatic carbocycles. The van der Waals surface area contributed by atoms with E-state index in [2.05, 4.69) is 0 Å². The molecular weight excluding hydrogens is 406 g/mol. The molecule has 0 saturated heterocycles. The van der Waals surface area contributed by atoms with E-state index in [0.717, 1.165) is 5.56 Å². The summed E-state index contributed by atoms with van der Waals surface area (Å²) in [5.41, 5.74) is 1.13. The molecular formula is C22H29NO8. The Morgan fingerprint density at radius 3 is 2.39 bits per heavy atom. The van der Waals surface area contributed by atoms with Gasteiger partial charge in [-0.05, 0) is 57.7 Å². The number of hydrogen-bond acceptors (Lipinski definition) is 6. The van der Waals surface area contributed by atoms with Crippen LogP contribution in [0.25, 0.3) is 0 Å². The molecule has 0 bridgehead atoms. The summed E-state index contributed by atoms with van der Waals surface area (Å²) in [7, 11) is 0. The lowest BCUT2D eigenvalue weighted by Crippen LogP contribution is -2.40. The van der Waals surface area contributed by atoms with Crippen LogP contribution in [0.4, 0.5) is 10.5 Å². The van der Waals surface area contributed by atoms with Crippen LogP contribution in [-0.4, -0.2) is 53.0 Å². The molecule has 0 saturated carbocycles. The van der Waals surface area contributed by atoms with Crippen molar-refractivity contribution in [3.05, 3.63) is 29.3 Å². The zero-order valence-corrected chi connectivity index (χ0v) is 18.2. The van der Waals surface area contributed by atoms with E-state index in [9.17, 15) is 29.4 Å². The summed E-state index contributed by atoms with van der Waals surface area (Å²) in [6, 6.07) is 4.88. The second kappa shape index (κ2) is 9.80. The number of carboxylic acids is 2. The van der Waals surface area contributed by atoms with Crippen LogP contribution in [0.5, 0.6) is 0 Å². The molecule has 1 aromatic rings. The number of nitrogens with zero attached hydrogens (tertiary/aromatic N) is 1. The van der Waals surface area contributed by atoms with Gasteiger partial charge in [-0.3, -0.25) is 19.3 Å². The highest BCUT2D eigenvalue weighted by Crippen LogP contribution is 2.36. The summed E-state index contributed by atoms with van der Waals surface area (Å²) in [6.07, 6.45) is 0.252. The minimum Gasteiger partial charge on any atom is -0.481 e. The number of carbonyl (C=O) groups excluding carboxylic acids is 2. The molecule has 0 aliphatic carbocycles. The van der Waals surface area contributed by atoms with Crippen molar-refractivity contribution in [1.29, 1.82) is 0 Å². The predicted molar refractivity (Wildman–Crippen MR) is 111 cm³/mol. The van der Waals surface area contributed by atoms with Crippen LogP contribution in [0.3, 0.4) is 0 Å². The lowest BCUT2D eigenvalue weighted by atomic mass is 9.82. The highest BCUT2D eigenvalue weighted by Gasteiger charge is 2.39. The number of esters is 1. The fourth-order valence-electron chi connectivity index (χ4n) is 3.64. The lowest BCUT2D eigenvalue weighted by molar-refractivity contribution is -0.159. The third-order valence-electron chi connectivity index (χ3n) is 4.87. The highest BCUT2D eigenvalue weighted by atomic mass is 16.6. The minimum absolute atomic E-state index is 0.0164. The molecule has 2 atom stereocenters. The quantitative estimate of drug-likeness (QED) is 0.493. The Kier molecular flexibility index (Phi) is 7.65. The molecule has 0 radical (unpaired) electrons. The van der Waals surface area contributed by atoms with E-state index in [-0.39, 0.29) is 6.61 Å². The number of hydrogen-bond donors (Lipinski definition) is 2. The molecule has 2 unspecified atom stereocenters. The Morgan fingerprint density at radius 1 is 1.16 bits per heavy atom. The second-order valence-electron chi connectivity index (χ2n) is 8.40. The van der Waals surface area contributed by atoms with E-state index in [4.69, 9.17) is 9.47 Å². The number of fused-ring (bicyclic) bond motifs is 1. The predicted octanol–water partition coefficient (Wildman–Crippen LogP) is 3.20. The number of aryl methyl sites for hydroxylation is 1. The van der Waals surface area contributed by atoms with Crippen molar-refractivity contribution in [2.24, 2.45) is 5.92 Å². The Bertz CT molecular complexity index is 858. The molecule has 0 fully saturated rings. The fourth-order valence-corrected chi connectivity index (χ4v) is 3.64. The van der Waals surface area contributed by atoms with E-state index < -0.39 is 47.9 Å². The summed E-state index contributed by atoms with van der Waals surface area (Å²) in [6.45, 7) is 7.33. The van der Waals surface area contributed by atoms with E-state index in [1.54, 1.807) is 45.9 Å². The number of amides is 1. The number of ether oxygens (including phenoxy) is 2. The van der Waals surface area contributed by atoms with E-state index in [1.807, 2.05) is 0 Å². The number of aliphatic carboxylic acids is 2. The van der Waals surface area contributed by atoms with Gasteiger partial charge < -0.3 is 19.7 Å². The van der Waals surface area contributed by atoms with Crippen LogP contribution < -0.4 is 4.90 Å². The maximum Gasteiger partial charge on any atom is 0.414 e. The summed E-state index contributed by atoms with van der Waals surface area (Å²) in [5.74, 6) is -6.42. The number of carbonyl (C=O) groups is 4. The number of anilines is 1. The lowest BCUT2D eigenvalue weighted by Gasteiger charge is -2.32. The van der Waals surface area contributed by atoms with Gasteiger partial charge in [0.15, 0.2) is 5.92 Å². The smallest absolute Gasteiger partial charge is 0.414 e. The first kappa shape index (κ1) is 24.2. The third kappa shape index (κ3) is 6.19. The van der Waals surface area contributed by atoms with E-state index in [0.29, 0.717) is 30.6 Å². The van der Waals surface area contributed by atoms with Gasteiger partial charge in [-0.15, -0.1) is 0 Å². The van der Waals surface area contributed by atoms with E-state index >= 15 is 0 Å². The van der Waals surface area contributed by atoms with Crippen molar-refractivity contribution in [2.75, 3.05) is 18.1 Å². The van der Waals surface area contributed by atoms with Crippen LogP contribution in [-0.2, 0) is 30.3 Å². The van der Waals surface area contributed by atoms with Crippen LogP contribution in [0.1, 0.15) is 57.6 Å². The standard InChI is InChI=1S/C22H29NO8/c1-5-30-20(28)18(19(26)27)15(12-17(24)25)13-8-9-16-14(11-13)7-6-10-23(16)21(29)31-22(2,3)4/h8-9,11,15,18H,5-7,10,12H2,1-4H3,(H,24,25)(H,26,27). The zero-order valence-electron chi connectivity index (χ0n) is 18.2. The first-order chi connectivity index (χ1) is 14.4. The molecule has 1 heterocycles. The van der Waals surface area contributed by atoms with Crippen LogP contribution in [0.2, 0.25) is 0 Å². The van der Waals surface area contributed by atoms with Gasteiger partial charge in [0.05, 0.1) is 18.7 Å². The Balaban J connectivity index is 2.44. The number of carboxylic acid groups (broad SMARTS) is 2. The minimum atomic E-state index is -1.65. The molecule has 0 aromatic heterocycles. The topological polar surface area (TPSA) is 130 Å². The van der Waals surface area contributed by atoms with Gasteiger partial charge in [0, 0.05) is 12.5 Å². The molecule has 1 aliphatic heterocycles. The molecule has 9 heteroatoms. The molecule has 9 nitrogen and oxygen atoms in total. The second-order valence-corrected chi connectivity index (χ2v) is 8.40. The van der Waals surface area contributed by atoms with Gasteiger partial charge in [0.25, 0.3) is 0 Å². The Hall–Kier alpha value is -3.10. The fraction of sp³-hybridized carbons (Fsp3) is 0.545. The summed E-state index contributed by atoms with van der Waals surface area (Å²) < 4.78 is 10.3. The van der Waals surface area contributed by atoms with Gasteiger partial charge >= 0.3 is 24.0 Å². The third-order valence-corrected chi connectivity index (χ3v) is 4.87. The Morgan fingerprint density at radius 2 is 1.84 bits per heavy atom. The highest BCUT2D eigenvalue weighted by molar-refractivity contribution is 5.96. The summed E-state index contributed by atoms with van der Waals surface area (Å²) >= 11 is 0. The van der Waals surface area contributed by atoms with Crippen molar-refractivity contribution in [2.45, 2.75) is 58.5 Å². The monoisotopic (exact) mass is 435 g/mol. The van der Waals surface area contributed by atoms with Crippen LogP contribution in [0, 0.1) is 5.92 Å². The number of benzene rings is 1. The van der Waals surface area contributed by atoms with E-state index in [1.165, 1.54) is 4.90 Å². The SMILES string of the molecule is CCOC(=O)C(C(=O)O)C(CC(=O)O)c1ccc2c(c1)CCCN2C(=O)OC(C)(C)C. The molecule has 2 rings (SSSR count). The van der Waals surface area contributed by atoms with Gasteiger partial charge in [-0.2, -0.15) is 0 Å². The van der Waals surface area contributed by atoms with Gasteiger partial charge in [0.2, 0.25) is 0 Å². The van der Waals surface area contributed by atoms with Crippen molar-refractivity contribution in [1.82, 2.24) is 0 Å². The maximum absolute atomic E-state index is 12.6. The first-order valence-corrected chi connectivity index (χ1v) is 10.2. The van der Waals surface area contributed by atoms with Crippen molar-refractivity contribution >= 4 is 29.7 Å². The normalized spacial score (nSPS) is 15.4. The molecule has 170 valence electrons. The molecule has 0 spiro atoms.